The number of aromatic nitrogens is 1. The first kappa shape index (κ1) is 22.2. The Kier molecular flexibility index (Phi) is 5.87. The minimum absolute atomic E-state index is 0.131. The van der Waals surface area contributed by atoms with E-state index in [1.807, 2.05) is 42.5 Å². The smallest absolute Gasteiger partial charge is 0.310 e. The van der Waals surface area contributed by atoms with Crippen LogP contribution in [-0.4, -0.2) is 63.0 Å². The maximum atomic E-state index is 13.7. The molecule has 0 spiro atoms. The molecule has 0 aliphatic carbocycles. The van der Waals surface area contributed by atoms with Crippen LogP contribution >= 0.6 is 0 Å². The van der Waals surface area contributed by atoms with Crippen molar-refractivity contribution in [3.05, 3.63) is 54.4 Å². The van der Waals surface area contributed by atoms with Crippen LogP contribution in [0.15, 0.2) is 48.7 Å². The zero-order valence-electron chi connectivity index (χ0n) is 18.4. The van der Waals surface area contributed by atoms with E-state index in [0.717, 1.165) is 5.39 Å². The molecule has 3 aliphatic rings. The predicted molar refractivity (Wildman–Crippen MR) is 120 cm³/mol. The van der Waals surface area contributed by atoms with E-state index in [9.17, 15) is 24.3 Å². The lowest BCUT2D eigenvalue weighted by atomic mass is 9.91. The first-order valence-corrected chi connectivity index (χ1v) is 11.5. The van der Waals surface area contributed by atoms with Gasteiger partial charge in [-0.1, -0.05) is 36.4 Å². The first-order valence-electron chi connectivity index (χ1n) is 11.5. The second-order valence-electron chi connectivity index (χ2n) is 8.93. The average Bonchev–Trinajstić information content (AvgIpc) is 3.38. The number of pyridine rings is 1. The van der Waals surface area contributed by atoms with Gasteiger partial charge in [0.25, 0.3) is 0 Å². The van der Waals surface area contributed by atoms with Gasteiger partial charge >= 0.3 is 5.97 Å². The Labute approximate surface area is 195 Å². The van der Waals surface area contributed by atoms with E-state index in [2.05, 4.69) is 10.3 Å². The number of nitrogens with one attached hydrogen (secondary N) is 1. The van der Waals surface area contributed by atoms with Gasteiger partial charge in [-0.2, -0.15) is 0 Å². The van der Waals surface area contributed by atoms with Crippen LogP contribution in [0.25, 0.3) is 10.8 Å². The number of allylic oxidation sites excluding steroid dienone is 1. The summed E-state index contributed by atoms with van der Waals surface area (Å²) in [7, 11) is 0. The molecule has 9 nitrogen and oxygen atoms in total. The van der Waals surface area contributed by atoms with Crippen molar-refractivity contribution >= 4 is 34.3 Å². The number of esters is 1. The second kappa shape index (κ2) is 8.98. The highest BCUT2D eigenvalue weighted by molar-refractivity contribution is 6.15. The molecule has 5 unspecified atom stereocenters. The van der Waals surface area contributed by atoms with Gasteiger partial charge in [-0.3, -0.25) is 24.2 Å². The van der Waals surface area contributed by atoms with E-state index in [4.69, 9.17) is 4.74 Å². The van der Waals surface area contributed by atoms with E-state index in [1.165, 1.54) is 4.90 Å². The number of ether oxygens (including phenoxy) is 1. The quantitative estimate of drug-likeness (QED) is 0.305. The molecular formula is C25H25N3O6. The highest BCUT2D eigenvalue weighted by Gasteiger charge is 2.46. The minimum atomic E-state index is -1.41. The third-order valence-corrected chi connectivity index (χ3v) is 6.84. The number of carbonyl (C=O) groups excluding carboxylic acids is 4. The number of aliphatic hydroxyl groups is 1. The van der Waals surface area contributed by atoms with Gasteiger partial charge in [0.05, 0.1) is 6.42 Å². The SMILES string of the molecule is O=C1CC(NC(=O)C2CCC3CC=CCC(C(=O)c4nccc5ccccc45)C(=O)N32)C(O)O1. The van der Waals surface area contributed by atoms with E-state index in [0.29, 0.717) is 24.6 Å². The summed E-state index contributed by atoms with van der Waals surface area (Å²) in [4.78, 5) is 57.6. The fraction of sp³-hybridized carbons (Fsp3) is 0.400. The summed E-state index contributed by atoms with van der Waals surface area (Å²) in [6, 6.07) is 7.35. The Bertz CT molecular complexity index is 1190. The van der Waals surface area contributed by atoms with Gasteiger partial charge in [0.15, 0.2) is 5.78 Å². The van der Waals surface area contributed by atoms with Crippen LogP contribution in [0.1, 0.15) is 42.6 Å². The highest BCUT2D eigenvalue weighted by Crippen LogP contribution is 2.33. The number of benzene rings is 1. The molecular weight excluding hydrogens is 438 g/mol. The lowest BCUT2D eigenvalue weighted by Gasteiger charge is -2.33. The number of Topliss-reactive ketones (excluding diaryl/α,β-unsaturated/α-hetero) is 1. The van der Waals surface area contributed by atoms with Gasteiger partial charge in [-0.25, -0.2) is 0 Å². The molecule has 5 rings (SSSR count). The summed E-state index contributed by atoms with van der Waals surface area (Å²) in [5.41, 5.74) is 0.243. The van der Waals surface area contributed by atoms with Crippen LogP contribution in [0.5, 0.6) is 0 Å². The molecule has 2 saturated heterocycles. The molecule has 5 atom stereocenters. The van der Waals surface area contributed by atoms with Crippen molar-refractivity contribution in [3.8, 4) is 0 Å². The van der Waals surface area contributed by atoms with Gasteiger partial charge in [0.1, 0.15) is 23.7 Å². The zero-order valence-corrected chi connectivity index (χ0v) is 18.4. The summed E-state index contributed by atoms with van der Waals surface area (Å²) in [5, 5.41) is 14.0. The van der Waals surface area contributed by atoms with Crippen LogP contribution < -0.4 is 5.32 Å². The van der Waals surface area contributed by atoms with Crippen molar-refractivity contribution in [2.45, 2.75) is 56.5 Å². The number of amides is 2. The zero-order chi connectivity index (χ0) is 23.8. The molecule has 176 valence electrons. The number of fused-ring (bicyclic) bond motifs is 2. The van der Waals surface area contributed by atoms with Crippen LogP contribution in [0.2, 0.25) is 0 Å². The maximum absolute atomic E-state index is 13.7. The van der Waals surface area contributed by atoms with Crippen molar-refractivity contribution in [1.29, 1.82) is 0 Å². The van der Waals surface area contributed by atoms with Crippen LogP contribution in [0, 0.1) is 5.92 Å². The van der Waals surface area contributed by atoms with Crippen molar-refractivity contribution in [1.82, 2.24) is 15.2 Å². The summed E-state index contributed by atoms with van der Waals surface area (Å²) >= 11 is 0. The van der Waals surface area contributed by atoms with Gasteiger partial charge in [-0.05, 0) is 37.1 Å². The molecule has 3 aliphatic heterocycles. The Morgan fingerprint density at radius 1 is 1.09 bits per heavy atom. The predicted octanol–water partition coefficient (Wildman–Crippen LogP) is 1.49. The maximum Gasteiger partial charge on any atom is 0.310 e. The number of nitrogens with zero attached hydrogens (tertiary/aromatic N) is 2. The van der Waals surface area contributed by atoms with E-state index < -0.39 is 42.1 Å². The van der Waals surface area contributed by atoms with E-state index in [1.54, 1.807) is 6.20 Å². The number of ketones is 1. The van der Waals surface area contributed by atoms with Crippen LogP contribution in [-0.2, 0) is 19.1 Å². The molecule has 0 saturated carbocycles. The van der Waals surface area contributed by atoms with Crippen molar-refractivity contribution in [3.63, 3.8) is 0 Å². The fourth-order valence-electron chi connectivity index (χ4n) is 5.12. The van der Waals surface area contributed by atoms with Crippen LogP contribution in [0.3, 0.4) is 0 Å². The number of carbonyl (C=O) groups is 4. The topological polar surface area (TPSA) is 126 Å². The molecule has 2 amide bonds. The fourth-order valence-corrected chi connectivity index (χ4v) is 5.12. The second-order valence-corrected chi connectivity index (χ2v) is 8.93. The van der Waals surface area contributed by atoms with E-state index in [-0.39, 0.29) is 30.4 Å². The number of hydrogen-bond donors (Lipinski definition) is 2. The van der Waals surface area contributed by atoms with Gasteiger partial charge < -0.3 is 20.1 Å². The molecule has 9 heteroatoms. The normalized spacial score (nSPS) is 28.9. The Hall–Kier alpha value is -3.59. The standard InChI is InChI=1S/C25H25N3O6/c29-20-13-18(25(33)34-20)27-23(31)19-10-9-15-6-2-4-8-17(24(32)28(15)19)22(30)21-16-7-3-1-5-14(16)11-12-26-21/h1-5,7,11-12,15,17-19,25,33H,6,8-10,13H2,(H,27,31). The largest absolute Gasteiger partial charge is 0.434 e. The number of cyclic esters (lactones) is 1. The van der Waals surface area contributed by atoms with Crippen LogP contribution in [0.4, 0.5) is 0 Å². The Morgan fingerprint density at radius 2 is 1.88 bits per heavy atom. The molecule has 0 bridgehead atoms. The van der Waals surface area contributed by atoms with Gasteiger partial charge in [0, 0.05) is 17.6 Å². The third kappa shape index (κ3) is 3.96. The van der Waals surface area contributed by atoms with Gasteiger partial charge in [0.2, 0.25) is 18.1 Å². The molecule has 34 heavy (non-hydrogen) atoms. The first-order chi connectivity index (χ1) is 16.4. The Balaban J connectivity index is 1.42. The lowest BCUT2D eigenvalue weighted by Crippen LogP contribution is -2.54. The molecule has 1 aromatic carbocycles. The third-order valence-electron chi connectivity index (χ3n) is 6.84. The average molecular weight is 463 g/mol. The lowest BCUT2D eigenvalue weighted by molar-refractivity contribution is -0.155. The van der Waals surface area contributed by atoms with E-state index >= 15 is 0 Å². The summed E-state index contributed by atoms with van der Waals surface area (Å²) in [5.74, 6) is -2.82. The van der Waals surface area contributed by atoms with Gasteiger partial charge in [-0.15, -0.1) is 0 Å². The summed E-state index contributed by atoms with van der Waals surface area (Å²) in [6.45, 7) is 0. The number of aliphatic hydroxyl groups excluding tert-OH is 1. The Morgan fingerprint density at radius 3 is 2.68 bits per heavy atom. The summed E-state index contributed by atoms with van der Waals surface area (Å²) in [6.07, 6.45) is 5.69. The van der Waals surface area contributed by atoms with Crippen molar-refractivity contribution in [2.75, 3.05) is 0 Å². The molecule has 1 aromatic heterocycles. The van der Waals surface area contributed by atoms with Crippen molar-refractivity contribution < 1.29 is 29.0 Å². The molecule has 0 radical (unpaired) electrons. The monoisotopic (exact) mass is 463 g/mol. The molecule has 2 N–H and O–H groups in total. The highest BCUT2D eigenvalue weighted by atomic mass is 16.6. The molecule has 4 heterocycles. The van der Waals surface area contributed by atoms with Crippen molar-refractivity contribution in [2.24, 2.45) is 5.92 Å². The number of rotatable bonds is 4. The number of hydrogen-bond acceptors (Lipinski definition) is 7. The molecule has 2 aromatic rings. The minimum Gasteiger partial charge on any atom is -0.434 e. The summed E-state index contributed by atoms with van der Waals surface area (Å²) < 4.78 is 4.69. The molecule has 2 fully saturated rings.